The summed E-state index contributed by atoms with van der Waals surface area (Å²) in [7, 11) is 1.84. The lowest BCUT2D eigenvalue weighted by atomic mass is 9.77. The van der Waals surface area contributed by atoms with Crippen LogP contribution in [0.25, 0.3) is 0 Å². The molecule has 1 saturated heterocycles. The van der Waals surface area contributed by atoms with Gasteiger partial charge in [0.2, 0.25) is 6.19 Å². The molecule has 3 rings (SSSR count). The van der Waals surface area contributed by atoms with Gasteiger partial charge in [0.1, 0.15) is 0 Å². The molecule has 0 N–H and O–H groups in total. The number of halogens is 1. The van der Waals surface area contributed by atoms with Crippen LogP contribution in [0.5, 0.6) is 0 Å². The fourth-order valence-corrected chi connectivity index (χ4v) is 5.28. The summed E-state index contributed by atoms with van der Waals surface area (Å²) >= 11 is 7.94. The summed E-state index contributed by atoms with van der Waals surface area (Å²) in [5.74, 6) is 0. The van der Waals surface area contributed by atoms with Crippen LogP contribution in [0, 0.1) is 11.5 Å². The van der Waals surface area contributed by atoms with E-state index in [1.807, 2.05) is 37.8 Å². The number of rotatable bonds is 4. The SMILES string of the molecule is COC1(Cc2ccccc2Cl)CCC(N2CCN(/C(=N/C#N)SC)CC2)CC1. The molecule has 152 valence electrons. The van der Waals surface area contributed by atoms with Crippen LogP contribution in [0.4, 0.5) is 0 Å². The van der Waals surface area contributed by atoms with E-state index in [-0.39, 0.29) is 5.60 Å². The van der Waals surface area contributed by atoms with Crippen LogP contribution in [0.3, 0.4) is 0 Å². The van der Waals surface area contributed by atoms with Crippen LogP contribution in [0.15, 0.2) is 29.3 Å². The molecule has 0 bridgehead atoms. The van der Waals surface area contributed by atoms with Crippen LogP contribution in [0.1, 0.15) is 31.2 Å². The first-order valence-corrected chi connectivity index (χ1v) is 11.5. The van der Waals surface area contributed by atoms with Gasteiger partial charge in [0.05, 0.1) is 5.60 Å². The van der Waals surface area contributed by atoms with Crippen molar-refractivity contribution in [2.45, 2.75) is 43.7 Å². The molecule has 0 unspecified atom stereocenters. The molecule has 5 nitrogen and oxygen atoms in total. The van der Waals surface area contributed by atoms with Gasteiger partial charge in [0.25, 0.3) is 0 Å². The van der Waals surface area contributed by atoms with Gasteiger partial charge in [-0.3, -0.25) is 4.90 Å². The largest absolute Gasteiger partial charge is 0.378 e. The molecule has 0 spiro atoms. The smallest absolute Gasteiger partial charge is 0.208 e. The Labute approximate surface area is 177 Å². The van der Waals surface area contributed by atoms with Gasteiger partial charge < -0.3 is 9.64 Å². The normalized spacial score (nSPS) is 26.9. The molecule has 1 heterocycles. The topological polar surface area (TPSA) is 51.9 Å². The molecule has 1 aromatic carbocycles. The van der Waals surface area contributed by atoms with Crippen molar-refractivity contribution in [3.8, 4) is 6.19 Å². The van der Waals surface area contributed by atoms with E-state index in [0.29, 0.717) is 6.04 Å². The molecule has 7 heteroatoms. The Bertz CT molecular complexity index is 719. The van der Waals surface area contributed by atoms with Crippen molar-refractivity contribution in [3.63, 3.8) is 0 Å². The van der Waals surface area contributed by atoms with Gasteiger partial charge in [-0.2, -0.15) is 5.26 Å². The average Bonchev–Trinajstić information content (AvgIpc) is 2.74. The summed E-state index contributed by atoms with van der Waals surface area (Å²) in [6.45, 7) is 3.93. The van der Waals surface area contributed by atoms with Gasteiger partial charge in [-0.1, -0.05) is 41.6 Å². The minimum atomic E-state index is -0.102. The standard InChI is InChI=1S/C21H29ClN4OS/c1-27-21(15-17-5-3-4-6-19(17)22)9-7-18(8-10-21)25-11-13-26(14-12-25)20(28-2)24-16-23/h3-6,18H,7-15H2,1-2H3/b24-20-. The van der Waals surface area contributed by atoms with E-state index < -0.39 is 0 Å². The third-order valence-corrected chi connectivity index (χ3v) is 7.28. The number of benzene rings is 1. The summed E-state index contributed by atoms with van der Waals surface area (Å²) in [4.78, 5) is 8.78. The lowest BCUT2D eigenvalue weighted by Crippen LogP contribution is -2.53. The zero-order valence-electron chi connectivity index (χ0n) is 16.7. The van der Waals surface area contributed by atoms with Crippen LogP contribution in [-0.2, 0) is 11.2 Å². The molecular formula is C21H29ClN4OS. The van der Waals surface area contributed by atoms with E-state index in [4.69, 9.17) is 21.6 Å². The maximum atomic E-state index is 8.84. The number of nitrogens with zero attached hydrogens (tertiary/aromatic N) is 4. The molecule has 2 fully saturated rings. The predicted octanol–water partition coefficient (Wildman–Crippen LogP) is 4.03. The number of amidine groups is 1. The Morgan fingerprint density at radius 2 is 1.96 bits per heavy atom. The fraction of sp³-hybridized carbons (Fsp3) is 0.619. The van der Waals surface area contributed by atoms with E-state index in [0.717, 1.165) is 68.5 Å². The second kappa shape index (κ2) is 9.98. The number of aliphatic imine (C=N–C) groups is 1. The Morgan fingerprint density at radius 1 is 1.29 bits per heavy atom. The van der Waals surface area contributed by atoms with Crippen molar-refractivity contribution >= 4 is 28.5 Å². The highest BCUT2D eigenvalue weighted by Crippen LogP contribution is 2.37. The van der Waals surface area contributed by atoms with Crippen LogP contribution < -0.4 is 0 Å². The Hall–Kier alpha value is -1.26. The minimum absolute atomic E-state index is 0.102. The number of thioether (sulfide) groups is 1. The maximum Gasteiger partial charge on any atom is 0.208 e. The Balaban J connectivity index is 1.54. The van der Waals surface area contributed by atoms with E-state index >= 15 is 0 Å². The Morgan fingerprint density at radius 3 is 2.54 bits per heavy atom. The lowest BCUT2D eigenvalue weighted by Gasteiger charge is -2.45. The number of ether oxygens (including phenoxy) is 1. The molecule has 1 aromatic rings. The third kappa shape index (κ3) is 5.01. The summed E-state index contributed by atoms with van der Waals surface area (Å²) in [5, 5.41) is 10.5. The second-order valence-corrected chi connectivity index (χ2v) is 8.79. The van der Waals surface area contributed by atoms with Crippen LogP contribution in [-0.4, -0.2) is 66.2 Å². The van der Waals surface area contributed by atoms with E-state index in [2.05, 4.69) is 20.9 Å². The molecule has 0 aromatic heterocycles. The Kier molecular flexibility index (Phi) is 7.64. The molecule has 0 radical (unpaired) electrons. The summed E-state index contributed by atoms with van der Waals surface area (Å²) in [6.07, 6.45) is 9.21. The molecular weight excluding hydrogens is 392 g/mol. The lowest BCUT2D eigenvalue weighted by molar-refractivity contribution is -0.0575. The van der Waals surface area contributed by atoms with Gasteiger partial charge in [-0.25, -0.2) is 0 Å². The number of piperazine rings is 1. The molecule has 2 aliphatic rings. The van der Waals surface area contributed by atoms with Crippen molar-refractivity contribution in [1.29, 1.82) is 5.26 Å². The molecule has 0 atom stereocenters. The van der Waals surface area contributed by atoms with Gasteiger partial charge in [0.15, 0.2) is 5.17 Å². The quantitative estimate of drug-likeness (QED) is 0.418. The highest BCUT2D eigenvalue weighted by atomic mass is 35.5. The molecule has 1 aliphatic carbocycles. The number of hydrogen-bond donors (Lipinski definition) is 0. The molecule has 0 amide bonds. The van der Waals surface area contributed by atoms with Gasteiger partial charge in [-0.05, 0) is 43.6 Å². The molecule has 28 heavy (non-hydrogen) atoms. The zero-order chi connectivity index (χ0) is 20.0. The molecule has 1 saturated carbocycles. The number of methoxy groups -OCH3 is 1. The van der Waals surface area contributed by atoms with Crippen LogP contribution >= 0.6 is 23.4 Å². The minimum Gasteiger partial charge on any atom is -0.378 e. The second-order valence-electron chi connectivity index (χ2n) is 7.61. The highest BCUT2D eigenvalue weighted by Gasteiger charge is 2.38. The maximum absolute atomic E-state index is 8.84. The van der Waals surface area contributed by atoms with Crippen molar-refractivity contribution < 1.29 is 4.74 Å². The van der Waals surface area contributed by atoms with Gasteiger partial charge in [0, 0.05) is 50.8 Å². The van der Waals surface area contributed by atoms with E-state index in [9.17, 15) is 0 Å². The van der Waals surface area contributed by atoms with Crippen molar-refractivity contribution in [2.75, 3.05) is 39.5 Å². The monoisotopic (exact) mass is 420 g/mol. The summed E-state index contributed by atoms with van der Waals surface area (Å²) in [6, 6.07) is 8.71. The first-order valence-electron chi connectivity index (χ1n) is 9.89. The third-order valence-electron chi connectivity index (χ3n) is 6.20. The first kappa shape index (κ1) is 21.4. The summed E-state index contributed by atoms with van der Waals surface area (Å²) < 4.78 is 6.03. The van der Waals surface area contributed by atoms with E-state index in [1.165, 1.54) is 5.56 Å². The van der Waals surface area contributed by atoms with Gasteiger partial charge in [-0.15, -0.1) is 4.99 Å². The average molecular weight is 421 g/mol. The van der Waals surface area contributed by atoms with Crippen molar-refractivity contribution in [2.24, 2.45) is 4.99 Å². The van der Waals surface area contributed by atoms with Crippen molar-refractivity contribution in [3.05, 3.63) is 34.9 Å². The first-order chi connectivity index (χ1) is 13.6. The van der Waals surface area contributed by atoms with Gasteiger partial charge >= 0.3 is 0 Å². The zero-order valence-corrected chi connectivity index (χ0v) is 18.3. The summed E-state index contributed by atoms with van der Waals surface area (Å²) in [5.41, 5.74) is 1.08. The number of nitriles is 1. The molecule has 1 aliphatic heterocycles. The van der Waals surface area contributed by atoms with E-state index in [1.54, 1.807) is 11.8 Å². The van der Waals surface area contributed by atoms with Crippen molar-refractivity contribution in [1.82, 2.24) is 9.80 Å². The fourth-order valence-electron chi connectivity index (χ4n) is 4.50. The number of hydrogen-bond acceptors (Lipinski definition) is 5. The predicted molar refractivity (Wildman–Crippen MR) is 117 cm³/mol. The van der Waals surface area contributed by atoms with Crippen LogP contribution in [0.2, 0.25) is 5.02 Å². The highest BCUT2D eigenvalue weighted by molar-refractivity contribution is 8.13.